The van der Waals surface area contributed by atoms with Crippen molar-refractivity contribution in [2.45, 2.75) is 39.7 Å². The standard InChI is InChI=1S/C18H21N3O/c1-11-8-12(2)17(13(3)9-11)21-18(22)16-7-6-15(10-19-16)20-14-4-5-14/h6-10,14,20H,4-5H2,1-3H3,(H,21,22). The molecule has 0 spiro atoms. The molecule has 1 aromatic carbocycles. The second-order valence-electron chi connectivity index (χ2n) is 6.08. The van der Waals surface area contributed by atoms with E-state index in [1.54, 1.807) is 12.3 Å². The number of amides is 1. The Morgan fingerprint density at radius 2 is 1.82 bits per heavy atom. The molecule has 3 rings (SSSR count). The molecule has 0 saturated heterocycles. The highest BCUT2D eigenvalue weighted by atomic mass is 16.1. The van der Waals surface area contributed by atoms with E-state index in [1.165, 1.54) is 18.4 Å². The van der Waals surface area contributed by atoms with E-state index in [9.17, 15) is 4.79 Å². The second kappa shape index (κ2) is 5.79. The van der Waals surface area contributed by atoms with Crippen LogP contribution in [0, 0.1) is 20.8 Å². The third-order valence-electron chi connectivity index (χ3n) is 3.86. The number of anilines is 2. The van der Waals surface area contributed by atoms with Gasteiger partial charge in [-0.3, -0.25) is 4.79 Å². The minimum atomic E-state index is -0.173. The SMILES string of the molecule is Cc1cc(C)c(NC(=O)c2ccc(NC3CC3)cn2)c(C)c1. The van der Waals surface area contributed by atoms with Crippen LogP contribution in [-0.2, 0) is 0 Å². The second-order valence-corrected chi connectivity index (χ2v) is 6.08. The Morgan fingerprint density at radius 3 is 2.36 bits per heavy atom. The van der Waals surface area contributed by atoms with Gasteiger partial charge in [-0.1, -0.05) is 17.7 Å². The molecule has 0 atom stereocenters. The Morgan fingerprint density at radius 1 is 1.14 bits per heavy atom. The number of hydrogen-bond donors (Lipinski definition) is 2. The van der Waals surface area contributed by atoms with Crippen molar-refractivity contribution in [1.29, 1.82) is 0 Å². The van der Waals surface area contributed by atoms with E-state index in [1.807, 2.05) is 19.9 Å². The fraction of sp³-hybridized carbons (Fsp3) is 0.333. The van der Waals surface area contributed by atoms with Crippen LogP contribution in [0.3, 0.4) is 0 Å². The number of aromatic nitrogens is 1. The molecule has 4 nitrogen and oxygen atoms in total. The molecule has 1 aromatic heterocycles. The highest BCUT2D eigenvalue weighted by molar-refractivity contribution is 6.03. The van der Waals surface area contributed by atoms with Crippen LogP contribution in [0.4, 0.5) is 11.4 Å². The van der Waals surface area contributed by atoms with E-state index in [0.29, 0.717) is 11.7 Å². The van der Waals surface area contributed by atoms with Gasteiger partial charge in [-0.05, 0) is 56.9 Å². The minimum Gasteiger partial charge on any atom is -0.381 e. The summed E-state index contributed by atoms with van der Waals surface area (Å²) in [5.41, 5.74) is 5.61. The lowest BCUT2D eigenvalue weighted by molar-refractivity contribution is 0.102. The van der Waals surface area contributed by atoms with Crippen molar-refractivity contribution in [3.05, 3.63) is 52.8 Å². The molecule has 0 radical (unpaired) electrons. The summed E-state index contributed by atoms with van der Waals surface area (Å²) in [6.45, 7) is 6.07. The van der Waals surface area contributed by atoms with Crippen LogP contribution in [0.2, 0.25) is 0 Å². The van der Waals surface area contributed by atoms with Crippen molar-refractivity contribution in [2.24, 2.45) is 0 Å². The monoisotopic (exact) mass is 295 g/mol. The lowest BCUT2D eigenvalue weighted by atomic mass is 10.0. The third-order valence-corrected chi connectivity index (χ3v) is 3.86. The number of hydrogen-bond acceptors (Lipinski definition) is 3. The van der Waals surface area contributed by atoms with Gasteiger partial charge >= 0.3 is 0 Å². The summed E-state index contributed by atoms with van der Waals surface area (Å²) in [6.07, 6.45) is 4.16. The molecule has 0 bridgehead atoms. The molecule has 2 N–H and O–H groups in total. The highest BCUT2D eigenvalue weighted by Gasteiger charge is 2.21. The summed E-state index contributed by atoms with van der Waals surface area (Å²) in [5, 5.41) is 6.33. The van der Waals surface area contributed by atoms with Gasteiger partial charge in [0.05, 0.1) is 11.9 Å². The van der Waals surface area contributed by atoms with Crippen LogP contribution < -0.4 is 10.6 Å². The predicted octanol–water partition coefficient (Wildman–Crippen LogP) is 3.83. The van der Waals surface area contributed by atoms with Gasteiger partial charge in [0, 0.05) is 11.7 Å². The molecule has 4 heteroatoms. The average molecular weight is 295 g/mol. The summed E-state index contributed by atoms with van der Waals surface area (Å²) in [7, 11) is 0. The zero-order valence-corrected chi connectivity index (χ0v) is 13.2. The van der Waals surface area contributed by atoms with Crippen LogP contribution in [-0.4, -0.2) is 16.9 Å². The largest absolute Gasteiger partial charge is 0.381 e. The Kier molecular flexibility index (Phi) is 3.84. The van der Waals surface area contributed by atoms with Gasteiger partial charge in [0.1, 0.15) is 5.69 Å². The molecule has 1 saturated carbocycles. The van der Waals surface area contributed by atoms with Crippen LogP contribution in [0.5, 0.6) is 0 Å². The molecule has 1 fully saturated rings. The van der Waals surface area contributed by atoms with Crippen LogP contribution in [0.1, 0.15) is 40.0 Å². The minimum absolute atomic E-state index is 0.173. The fourth-order valence-electron chi connectivity index (χ4n) is 2.63. The maximum absolute atomic E-state index is 12.4. The summed E-state index contributed by atoms with van der Waals surface area (Å²) >= 11 is 0. The van der Waals surface area contributed by atoms with E-state index in [0.717, 1.165) is 22.5 Å². The van der Waals surface area contributed by atoms with Crippen molar-refractivity contribution in [2.75, 3.05) is 10.6 Å². The summed E-state index contributed by atoms with van der Waals surface area (Å²) in [4.78, 5) is 16.6. The molecule has 1 aliphatic carbocycles. The summed E-state index contributed by atoms with van der Waals surface area (Å²) in [6, 6.07) is 8.39. The fourth-order valence-corrected chi connectivity index (χ4v) is 2.63. The topological polar surface area (TPSA) is 54.0 Å². The molecule has 1 amide bonds. The predicted molar refractivity (Wildman–Crippen MR) is 89.5 cm³/mol. The maximum Gasteiger partial charge on any atom is 0.274 e. The van der Waals surface area contributed by atoms with Gasteiger partial charge in [0.2, 0.25) is 0 Å². The molecule has 0 aliphatic heterocycles. The maximum atomic E-state index is 12.4. The van der Waals surface area contributed by atoms with E-state index in [2.05, 4.69) is 34.7 Å². The van der Waals surface area contributed by atoms with E-state index in [-0.39, 0.29) is 5.91 Å². The normalized spacial score (nSPS) is 13.8. The number of rotatable bonds is 4. The van der Waals surface area contributed by atoms with Crippen LogP contribution >= 0.6 is 0 Å². The smallest absolute Gasteiger partial charge is 0.274 e. The molecule has 0 unspecified atom stereocenters. The molecular weight excluding hydrogens is 274 g/mol. The number of benzene rings is 1. The van der Waals surface area contributed by atoms with Crippen LogP contribution in [0.25, 0.3) is 0 Å². The molecule has 1 heterocycles. The third kappa shape index (κ3) is 3.27. The van der Waals surface area contributed by atoms with Crippen molar-refractivity contribution in [3.63, 3.8) is 0 Å². The van der Waals surface area contributed by atoms with Crippen molar-refractivity contribution in [3.8, 4) is 0 Å². The van der Waals surface area contributed by atoms with Crippen molar-refractivity contribution < 1.29 is 4.79 Å². The Hall–Kier alpha value is -2.36. The Bertz CT molecular complexity index is 680. The van der Waals surface area contributed by atoms with Gasteiger partial charge in [0.25, 0.3) is 5.91 Å². The Labute approximate surface area is 131 Å². The van der Waals surface area contributed by atoms with E-state index >= 15 is 0 Å². The Balaban J connectivity index is 1.73. The van der Waals surface area contributed by atoms with Gasteiger partial charge < -0.3 is 10.6 Å². The van der Waals surface area contributed by atoms with Gasteiger partial charge in [-0.15, -0.1) is 0 Å². The van der Waals surface area contributed by atoms with Crippen LogP contribution in [0.15, 0.2) is 30.5 Å². The number of carbonyl (C=O) groups excluding carboxylic acids is 1. The lowest BCUT2D eigenvalue weighted by Crippen LogP contribution is -2.15. The summed E-state index contributed by atoms with van der Waals surface area (Å²) in [5.74, 6) is -0.173. The lowest BCUT2D eigenvalue weighted by Gasteiger charge is -2.12. The molecule has 22 heavy (non-hydrogen) atoms. The van der Waals surface area contributed by atoms with Gasteiger partial charge in [-0.25, -0.2) is 4.98 Å². The first-order valence-electron chi connectivity index (χ1n) is 7.65. The molecule has 1 aliphatic rings. The van der Waals surface area contributed by atoms with Gasteiger partial charge in [-0.2, -0.15) is 0 Å². The number of carbonyl (C=O) groups is 1. The number of pyridine rings is 1. The number of nitrogens with one attached hydrogen (secondary N) is 2. The number of nitrogens with zero attached hydrogens (tertiary/aromatic N) is 1. The molecule has 114 valence electrons. The van der Waals surface area contributed by atoms with E-state index < -0.39 is 0 Å². The zero-order chi connectivity index (χ0) is 15.7. The first-order chi connectivity index (χ1) is 10.5. The molecular formula is C18H21N3O. The number of aryl methyl sites for hydroxylation is 3. The summed E-state index contributed by atoms with van der Waals surface area (Å²) < 4.78 is 0. The van der Waals surface area contributed by atoms with Crippen molar-refractivity contribution >= 4 is 17.3 Å². The quantitative estimate of drug-likeness (QED) is 0.901. The molecule has 2 aromatic rings. The average Bonchev–Trinajstić information content (AvgIpc) is 3.27. The van der Waals surface area contributed by atoms with Gasteiger partial charge in [0.15, 0.2) is 0 Å². The van der Waals surface area contributed by atoms with Crippen molar-refractivity contribution in [1.82, 2.24) is 4.98 Å². The van der Waals surface area contributed by atoms with E-state index in [4.69, 9.17) is 0 Å². The first-order valence-corrected chi connectivity index (χ1v) is 7.65. The highest BCUT2D eigenvalue weighted by Crippen LogP contribution is 2.25. The first kappa shape index (κ1) is 14.6. The zero-order valence-electron chi connectivity index (χ0n) is 13.2.